The molecule has 0 bridgehead atoms. The Morgan fingerprint density at radius 2 is 1.88 bits per heavy atom. The standard InChI is InChI=1S/C23H31N7OS/c1-30-8-6-23(7-9-30)12-19(17-4-2-3-5-18(17)23)29-22-20(24)21(26-14-27-22)28-16-10-15(11-16)13-31-32-25/h2-5,13-14,16,19H,6-12,24-25H2,1H3,(H2,26,27,28,29). The lowest BCUT2D eigenvalue weighted by molar-refractivity contribution is 0.183. The Labute approximate surface area is 193 Å². The molecule has 2 heterocycles. The summed E-state index contributed by atoms with van der Waals surface area (Å²) in [6, 6.07) is 9.34. The lowest BCUT2D eigenvalue weighted by Gasteiger charge is -2.39. The molecule has 1 atom stereocenters. The fourth-order valence-corrected chi connectivity index (χ4v) is 5.59. The van der Waals surface area contributed by atoms with Gasteiger partial charge in [0, 0.05) is 11.5 Å². The maximum atomic E-state index is 6.50. The molecular formula is C23H31N7OS. The lowest BCUT2D eigenvalue weighted by atomic mass is 9.74. The highest BCUT2D eigenvalue weighted by Gasteiger charge is 2.45. The van der Waals surface area contributed by atoms with Gasteiger partial charge >= 0.3 is 0 Å². The van der Waals surface area contributed by atoms with E-state index in [1.54, 1.807) is 12.6 Å². The third-order valence-corrected chi connectivity index (χ3v) is 7.48. The first kappa shape index (κ1) is 21.4. The molecule has 3 aliphatic rings. The van der Waals surface area contributed by atoms with E-state index in [-0.39, 0.29) is 17.5 Å². The first-order valence-electron chi connectivity index (χ1n) is 11.2. The van der Waals surface area contributed by atoms with Gasteiger partial charge in [0.1, 0.15) is 30.5 Å². The van der Waals surface area contributed by atoms with Crippen LogP contribution in [0.5, 0.6) is 0 Å². The van der Waals surface area contributed by atoms with Crippen LogP contribution < -0.4 is 21.5 Å². The smallest absolute Gasteiger partial charge is 0.155 e. The maximum absolute atomic E-state index is 6.50. The van der Waals surface area contributed by atoms with Crippen molar-refractivity contribution in [2.45, 2.75) is 49.6 Å². The fourth-order valence-electron chi connectivity index (χ4n) is 5.39. The summed E-state index contributed by atoms with van der Waals surface area (Å²) in [6.45, 7) is 2.27. The van der Waals surface area contributed by atoms with Crippen molar-refractivity contribution < 1.29 is 4.18 Å². The van der Waals surface area contributed by atoms with Gasteiger partial charge in [0.25, 0.3) is 0 Å². The first-order valence-corrected chi connectivity index (χ1v) is 12.0. The predicted octanol–water partition coefficient (Wildman–Crippen LogP) is 3.58. The summed E-state index contributed by atoms with van der Waals surface area (Å²) in [5.41, 5.74) is 11.4. The van der Waals surface area contributed by atoms with Gasteiger partial charge in [-0.1, -0.05) is 24.3 Å². The van der Waals surface area contributed by atoms with Crippen molar-refractivity contribution >= 4 is 29.6 Å². The van der Waals surface area contributed by atoms with Crippen molar-refractivity contribution in [2.24, 2.45) is 5.14 Å². The van der Waals surface area contributed by atoms with E-state index in [1.165, 1.54) is 29.5 Å². The summed E-state index contributed by atoms with van der Waals surface area (Å²) in [5, 5.41) is 12.4. The highest BCUT2D eigenvalue weighted by molar-refractivity contribution is 7.92. The summed E-state index contributed by atoms with van der Waals surface area (Å²) >= 11 is 0.859. The van der Waals surface area contributed by atoms with E-state index >= 15 is 0 Å². The highest BCUT2D eigenvalue weighted by Crippen LogP contribution is 2.51. The Morgan fingerprint density at radius 1 is 1.16 bits per heavy atom. The van der Waals surface area contributed by atoms with Gasteiger partial charge < -0.3 is 25.5 Å². The Balaban J connectivity index is 1.31. The molecule has 1 aromatic carbocycles. The van der Waals surface area contributed by atoms with Gasteiger partial charge in [-0.15, -0.1) is 0 Å². The third-order valence-electron chi connectivity index (χ3n) is 7.27. The van der Waals surface area contributed by atoms with E-state index in [0.717, 1.165) is 44.6 Å². The van der Waals surface area contributed by atoms with Crippen molar-refractivity contribution in [1.82, 2.24) is 14.9 Å². The predicted molar refractivity (Wildman–Crippen MR) is 130 cm³/mol. The van der Waals surface area contributed by atoms with E-state index in [4.69, 9.17) is 15.1 Å². The van der Waals surface area contributed by atoms with Crippen LogP contribution in [0.1, 0.15) is 49.3 Å². The van der Waals surface area contributed by atoms with Gasteiger partial charge in [-0.2, -0.15) is 0 Å². The average Bonchev–Trinajstić information content (AvgIpc) is 3.08. The number of aromatic nitrogens is 2. The summed E-state index contributed by atoms with van der Waals surface area (Å²) in [4.78, 5) is 11.3. The van der Waals surface area contributed by atoms with Gasteiger partial charge in [0.2, 0.25) is 0 Å². The number of fused-ring (bicyclic) bond motifs is 2. The number of nitrogens with two attached hydrogens (primary N) is 2. The molecule has 1 aromatic heterocycles. The maximum Gasteiger partial charge on any atom is 0.155 e. The minimum atomic E-state index is 0.198. The molecule has 2 aliphatic carbocycles. The summed E-state index contributed by atoms with van der Waals surface area (Å²) < 4.78 is 5.08. The van der Waals surface area contributed by atoms with Crippen molar-refractivity contribution in [1.29, 1.82) is 0 Å². The number of nitrogens with zero attached hydrogens (tertiary/aromatic N) is 3. The van der Waals surface area contributed by atoms with E-state index in [9.17, 15) is 0 Å². The van der Waals surface area contributed by atoms with Crippen LogP contribution in [-0.2, 0) is 9.60 Å². The van der Waals surface area contributed by atoms with Crippen molar-refractivity contribution in [3.63, 3.8) is 0 Å². The Hall–Kier alpha value is -2.49. The molecule has 32 heavy (non-hydrogen) atoms. The Kier molecular flexibility index (Phi) is 5.88. The van der Waals surface area contributed by atoms with Crippen LogP contribution in [-0.4, -0.2) is 41.0 Å². The zero-order valence-electron chi connectivity index (χ0n) is 18.4. The number of benzene rings is 1. The molecule has 170 valence electrons. The average molecular weight is 454 g/mol. The number of nitrogen functional groups attached to an aromatic ring is 1. The second-order valence-corrected chi connectivity index (χ2v) is 9.66. The van der Waals surface area contributed by atoms with Crippen LogP contribution >= 0.6 is 12.2 Å². The van der Waals surface area contributed by atoms with Crippen LogP contribution in [0.2, 0.25) is 0 Å². The second kappa shape index (κ2) is 8.80. The molecule has 2 aromatic rings. The Bertz CT molecular complexity index is 998. The van der Waals surface area contributed by atoms with Crippen LogP contribution in [0.15, 0.2) is 42.4 Å². The van der Waals surface area contributed by atoms with Crippen LogP contribution in [0, 0.1) is 0 Å². The SMILES string of the molecule is CN1CCC2(CC1)CC(Nc1ncnc(NC3CC(=COSN)C3)c1N)c1ccccc12. The summed E-state index contributed by atoms with van der Waals surface area (Å²) in [5.74, 6) is 1.38. The molecule has 1 spiro atoms. The molecule has 0 amide bonds. The highest BCUT2D eigenvalue weighted by atomic mass is 32.2. The zero-order valence-corrected chi connectivity index (χ0v) is 19.2. The normalized spacial score (nSPS) is 24.0. The molecule has 6 N–H and O–H groups in total. The van der Waals surface area contributed by atoms with E-state index in [1.807, 2.05) is 0 Å². The van der Waals surface area contributed by atoms with E-state index < -0.39 is 0 Å². The number of hydrogen-bond acceptors (Lipinski definition) is 9. The molecule has 0 radical (unpaired) electrons. The molecule has 1 saturated heterocycles. The van der Waals surface area contributed by atoms with Gasteiger partial charge in [-0.05, 0) is 68.9 Å². The van der Waals surface area contributed by atoms with Crippen molar-refractivity contribution in [3.05, 3.63) is 53.6 Å². The number of anilines is 3. The quantitative estimate of drug-likeness (QED) is 0.296. The molecule has 2 fully saturated rings. The fraction of sp³-hybridized carbons (Fsp3) is 0.478. The first-order chi connectivity index (χ1) is 15.6. The van der Waals surface area contributed by atoms with Gasteiger partial charge in [-0.3, -0.25) is 0 Å². The lowest BCUT2D eigenvalue weighted by Crippen LogP contribution is -2.39. The number of nitrogens with one attached hydrogen (secondary N) is 2. The molecule has 1 saturated carbocycles. The van der Waals surface area contributed by atoms with Gasteiger partial charge in [-0.25, -0.2) is 15.1 Å². The van der Waals surface area contributed by atoms with Crippen molar-refractivity contribution in [3.8, 4) is 0 Å². The van der Waals surface area contributed by atoms with Crippen LogP contribution in [0.3, 0.4) is 0 Å². The topological polar surface area (TPSA) is 114 Å². The second-order valence-electron chi connectivity index (χ2n) is 9.27. The minimum absolute atomic E-state index is 0.198. The summed E-state index contributed by atoms with van der Waals surface area (Å²) in [6.07, 6.45) is 8.53. The molecular weight excluding hydrogens is 422 g/mol. The van der Waals surface area contributed by atoms with E-state index in [2.05, 4.69) is 56.8 Å². The molecule has 8 nitrogen and oxygen atoms in total. The molecule has 1 aliphatic heterocycles. The monoisotopic (exact) mass is 453 g/mol. The van der Waals surface area contributed by atoms with Crippen LogP contribution in [0.25, 0.3) is 0 Å². The number of piperidine rings is 1. The van der Waals surface area contributed by atoms with E-state index in [0.29, 0.717) is 17.3 Å². The Morgan fingerprint density at radius 3 is 2.62 bits per heavy atom. The van der Waals surface area contributed by atoms with Gasteiger partial charge in [0.05, 0.1) is 6.04 Å². The number of hydrogen-bond donors (Lipinski definition) is 4. The summed E-state index contributed by atoms with van der Waals surface area (Å²) in [7, 11) is 2.21. The zero-order chi connectivity index (χ0) is 22.1. The molecule has 9 heteroatoms. The minimum Gasteiger partial charge on any atom is -0.418 e. The van der Waals surface area contributed by atoms with Gasteiger partial charge in [0.15, 0.2) is 11.6 Å². The molecule has 5 rings (SSSR count). The number of likely N-dealkylation sites (tertiary alicyclic amines) is 1. The number of rotatable bonds is 6. The van der Waals surface area contributed by atoms with Crippen LogP contribution in [0.4, 0.5) is 17.3 Å². The largest absolute Gasteiger partial charge is 0.418 e. The van der Waals surface area contributed by atoms with Crippen molar-refractivity contribution in [2.75, 3.05) is 36.5 Å². The third kappa shape index (κ3) is 4.00. The molecule has 1 unspecified atom stereocenters.